The first-order valence-electron chi connectivity index (χ1n) is 8.74. The summed E-state index contributed by atoms with van der Waals surface area (Å²) >= 11 is 0. The highest BCUT2D eigenvalue weighted by molar-refractivity contribution is 7.89. The molecule has 27 heavy (non-hydrogen) atoms. The van der Waals surface area contributed by atoms with Gasteiger partial charge in [0, 0.05) is 17.4 Å². The summed E-state index contributed by atoms with van der Waals surface area (Å²) in [5.41, 5.74) is 1.66. The molecule has 3 atom stereocenters. The zero-order chi connectivity index (χ0) is 19.6. The number of hydrogen-bond acceptors (Lipinski definition) is 5. The average Bonchev–Trinajstić information content (AvgIpc) is 3.02. The smallest absolute Gasteiger partial charge is 0.245 e. The molecule has 2 aromatic rings. The molecule has 1 unspecified atom stereocenters. The van der Waals surface area contributed by atoms with Crippen LogP contribution < -0.4 is 0 Å². The normalized spacial score (nSPS) is 21.9. The molecule has 1 saturated heterocycles. The quantitative estimate of drug-likeness (QED) is 0.603. The van der Waals surface area contributed by atoms with Gasteiger partial charge in [-0.15, -0.1) is 0 Å². The molecule has 1 aliphatic rings. The fraction of sp³-hybridized carbons (Fsp3) is 0.368. The van der Waals surface area contributed by atoms with Crippen molar-refractivity contribution in [1.29, 1.82) is 0 Å². The molecule has 0 spiro atoms. The standard InChI is InChI=1S/C19H22N2O5S/c1-14-7-9-16(10-8-14)27(25,26)20-12-11-17(19(20)22)18(13-21(23)24)15-5-3-2-4-6-15/h2-10,17-19,22H,11-13H2,1H3/t17-,18-,19?/m1/s1. The summed E-state index contributed by atoms with van der Waals surface area (Å²) in [6, 6.07) is 15.3. The lowest BCUT2D eigenvalue weighted by Gasteiger charge is -2.27. The third-order valence-electron chi connectivity index (χ3n) is 5.08. The van der Waals surface area contributed by atoms with Crippen molar-refractivity contribution < 1.29 is 18.4 Å². The first-order valence-corrected chi connectivity index (χ1v) is 10.2. The van der Waals surface area contributed by atoms with E-state index < -0.39 is 33.0 Å². The van der Waals surface area contributed by atoms with Gasteiger partial charge in [-0.25, -0.2) is 8.42 Å². The van der Waals surface area contributed by atoms with Crippen LogP contribution in [0.3, 0.4) is 0 Å². The van der Waals surface area contributed by atoms with Gasteiger partial charge in [-0.2, -0.15) is 4.31 Å². The Bertz CT molecular complexity index is 899. The van der Waals surface area contributed by atoms with Crippen LogP contribution >= 0.6 is 0 Å². The summed E-state index contributed by atoms with van der Waals surface area (Å²) in [6.07, 6.45) is -0.943. The second-order valence-corrected chi connectivity index (χ2v) is 8.72. The Hall–Kier alpha value is -2.29. The van der Waals surface area contributed by atoms with Crippen LogP contribution in [-0.4, -0.2) is 42.1 Å². The summed E-state index contributed by atoms with van der Waals surface area (Å²) < 4.78 is 26.9. The molecule has 0 aromatic heterocycles. The molecule has 3 rings (SSSR count). The Morgan fingerprint density at radius 3 is 2.41 bits per heavy atom. The number of aliphatic hydroxyl groups is 1. The largest absolute Gasteiger partial charge is 0.377 e. The Kier molecular flexibility index (Phi) is 5.59. The van der Waals surface area contributed by atoms with Gasteiger partial charge in [-0.05, 0) is 31.0 Å². The van der Waals surface area contributed by atoms with E-state index in [-0.39, 0.29) is 18.0 Å². The summed E-state index contributed by atoms with van der Waals surface area (Å²) in [4.78, 5) is 10.9. The molecule has 0 saturated carbocycles. The van der Waals surface area contributed by atoms with Gasteiger partial charge in [0.2, 0.25) is 16.6 Å². The highest BCUT2D eigenvalue weighted by Crippen LogP contribution is 2.38. The minimum atomic E-state index is -3.87. The Morgan fingerprint density at radius 2 is 1.81 bits per heavy atom. The van der Waals surface area contributed by atoms with Gasteiger partial charge in [-0.1, -0.05) is 48.0 Å². The number of aliphatic hydroxyl groups excluding tert-OH is 1. The van der Waals surface area contributed by atoms with E-state index >= 15 is 0 Å². The van der Waals surface area contributed by atoms with Crippen LogP contribution in [0.1, 0.15) is 23.5 Å². The van der Waals surface area contributed by atoms with Gasteiger partial charge in [-0.3, -0.25) is 10.1 Å². The van der Waals surface area contributed by atoms with Crippen molar-refractivity contribution in [3.8, 4) is 0 Å². The minimum Gasteiger partial charge on any atom is -0.377 e. The SMILES string of the molecule is Cc1ccc(S(=O)(=O)N2CC[C@H]([C@H](C[N+](=O)[O-])c3ccccc3)C2O)cc1. The molecule has 7 nitrogen and oxygen atoms in total. The molecule has 0 aliphatic carbocycles. The van der Waals surface area contributed by atoms with Crippen LogP contribution in [0.25, 0.3) is 0 Å². The van der Waals surface area contributed by atoms with Gasteiger partial charge in [0.15, 0.2) is 0 Å². The van der Waals surface area contributed by atoms with Crippen LogP contribution in [0, 0.1) is 23.0 Å². The molecule has 0 amide bonds. The lowest BCUT2D eigenvalue weighted by atomic mass is 9.84. The Labute approximate surface area is 158 Å². The second-order valence-electron chi connectivity index (χ2n) is 6.83. The molecule has 1 aliphatic heterocycles. The zero-order valence-corrected chi connectivity index (χ0v) is 15.7. The van der Waals surface area contributed by atoms with Crippen molar-refractivity contribution in [2.45, 2.75) is 30.4 Å². The van der Waals surface area contributed by atoms with E-state index in [1.807, 2.05) is 13.0 Å². The van der Waals surface area contributed by atoms with Crippen LogP contribution in [0.2, 0.25) is 0 Å². The molecule has 8 heteroatoms. The van der Waals surface area contributed by atoms with E-state index in [1.165, 1.54) is 12.1 Å². The van der Waals surface area contributed by atoms with Crippen molar-refractivity contribution >= 4 is 10.0 Å². The molecule has 2 aromatic carbocycles. The van der Waals surface area contributed by atoms with Gasteiger partial charge in [0.1, 0.15) is 6.23 Å². The molecular weight excluding hydrogens is 368 g/mol. The van der Waals surface area contributed by atoms with Gasteiger partial charge < -0.3 is 5.11 Å². The van der Waals surface area contributed by atoms with E-state index in [1.54, 1.807) is 36.4 Å². The predicted octanol–water partition coefficient (Wildman–Crippen LogP) is 2.38. The number of hydrogen-bond donors (Lipinski definition) is 1. The highest BCUT2D eigenvalue weighted by atomic mass is 32.2. The van der Waals surface area contributed by atoms with E-state index in [9.17, 15) is 23.6 Å². The Morgan fingerprint density at radius 1 is 1.19 bits per heavy atom. The summed E-state index contributed by atoms with van der Waals surface area (Å²) in [7, 11) is -3.87. The third kappa shape index (κ3) is 4.02. The molecule has 1 fully saturated rings. The maximum Gasteiger partial charge on any atom is 0.245 e. The topological polar surface area (TPSA) is 101 Å². The second kappa shape index (κ2) is 7.75. The molecule has 0 radical (unpaired) electrons. The first kappa shape index (κ1) is 19.5. The number of sulfonamides is 1. The van der Waals surface area contributed by atoms with E-state index in [4.69, 9.17) is 0 Å². The zero-order valence-electron chi connectivity index (χ0n) is 14.9. The molecular formula is C19H22N2O5S. The van der Waals surface area contributed by atoms with Crippen molar-refractivity contribution in [2.75, 3.05) is 13.1 Å². The minimum absolute atomic E-state index is 0.110. The summed E-state index contributed by atoms with van der Waals surface area (Å²) in [5.74, 6) is -1.10. The molecule has 0 bridgehead atoms. The lowest BCUT2D eigenvalue weighted by Crippen LogP contribution is -2.39. The molecule has 1 N–H and O–H groups in total. The van der Waals surface area contributed by atoms with Crippen LogP contribution in [0.4, 0.5) is 0 Å². The van der Waals surface area contributed by atoms with Gasteiger partial charge >= 0.3 is 0 Å². The maximum atomic E-state index is 12.9. The maximum absolute atomic E-state index is 12.9. The summed E-state index contributed by atoms with van der Waals surface area (Å²) in [5, 5.41) is 21.9. The first-order chi connectivity index (χ1) is 12.8. The molecule has 144 valence electrons. The van der Waals surface area contributed by atoms with Gasteiger partial charge in [0.05, 0.1) is 10.8 Å². The van der Waals surface area contributed by atoms with Crippen molar-refractivity contribution in [3.63, 3.8) is 0 Å². The van der Waals surface area contributed by atoms with Gasteiger partial charge in [0.25, 0.3) is 0 Å². The van der Waals surface area contributed by atoms with E-state index in [0.717, 1.165) is 15.4 Å². The van der Waals surface area contributed by atoms with Crippen molar-refractivity contribution in [1.82, 2.24) is 4.31 Å². The Balaban J connectivity index is 1.89. The average molecular weight is 390 g/mol. The monoisotopic (exact) mass is 390 g/mol. The molecule has 1 heterocycles. The highest BCUT2D eigenvalue weighted by Gasteiger charge is 2.45. The number of nitrogens with zero attached hydrogens (tertiary/aromatic N) is 2. The third-order valence-corrected chi connectivity index (χ3v) is 6.96. The van der Waals surface area contributed by atoms with Crippen molar-refractivity contribution in [2.24, 2.45) is 5.92 Å². The van der Waals surface area contributed by atoms with Crippen LogP contribution in [-0.2, 0) is 10.0 Å². The van der Waals surface area contributed by atoms with Crippen LogP contribution in [0.15, 0.2) is 59.5 Å². The van der Waals surface area contributed by atoms with E-state index in [2.05, 4.69) is 0 Å². The van der Waals surface area contributed by atoms with Crippen LogP contribution in [0.5, 0.6) is 0 Å². The number of aryl methyl sites for hydroxylation is 1. The predicted molar refractivity (Wildman–Crippen MR) is 100 cm³/mol. The summed E-state index contributed by atoms with van der Waals surface area (Å²) in [6.45, 7) is 1.63. The number of nitro groups is 1. The number of benzene rings is 2. The van der Waals surface area contributed by atoms with E-state index in [0.29, 0.717) is 6.42 Å². The number of rotatable bonds is 6. The van der Waals surface area contributed by atoms with Crippen molar-refractivity contribution in [3.05, 3.63) is 75.8 Å². The fourth-order valence-electron chi connectivity index (χ4n) is 3.64. The lowest BCUT2D eigenvalue weighted by molar-refractivity contribution is -0.485. The fourth-order valence-corrected chi connectivity index (χ4v) is 5.17.